The van der Waals surface area contributed by atoms with E-state index >= 15 is 0 Å². The highest BCUT2D eigenvalue weighted by Crippen LogP contribution is 2.36. The molecule has 0 saturated carbocycles. The number of hydrogen-bond acceptors (Lipinski definition) is 6. The molecule has 0 unspecified atom stereocenters. The zero-order chi connectivity index (χ0) is 19.8. The van der Waals surface area contributed by atoms with Gasteiger partial charge in [-0.3, -0.25) is 4.90 Å². The summed E-state index contributed by atoms with van der Waals surface area (Å²) in [7, 11) is 0. The summed E-state index contributed by atoms with van der Waals surface area (Å²) in [5, 5.41) is 12.3. The van der Waals surface area contributed by atoms with E-state index in [0.717, 1.165) is 75.9 Å². The molecule has 156 valence electrons. The standard InChI is InChI=1S/C22H31N5O2/c1-3-28-19-11-17-10-15(2)29-20(17)12-18(19)14-26-7-4-16(5-8-26)22-25-24-21-13-23-6-9-27(21)22/h11-12,15-16,23H,3-10,13-14H2,1-2H3/t15-/m0/s1. The fraction of sp³-hybridized carbons (Fsp3) is 0.636. The Kier molecular flexibility index (Phi) is 5.18. The van der Waals surface area contributed by atoms with Gasteiger partial charge in [-0.2, -0.15) is 0 Å². The lowest BCUT2D eigenvalue weighted by atomic mass is 9.95. The molecule has 3 aliphatic rings. The molecule has 0 radical (unpaired) electrons. The Morgan fingerprint density at radius 2 is 2.07 bits per heavy atom. The zero-order valence-electron chi connectivity index (χ0n) is 17.5. The van der Waals surface area contributed by atoms with Gasteiger partial charge in [0.15, 0.2) is 0 Å². The van der Waals surface area contributed by atoms with Crippen molar-refractivity contribution in [3.8, 4) is 11.5 Å². The van der Waals surface area contributed by atoms with E-state index in [1.54, 1.807) is 0 Å². The van der Waals surface area contributed by atoms with Crippen LogP contribution < -0.4 is 14.8 Å². The molecular formula is C22H31N5O2. The van der Waals surface area contributed by atoms with E-state index in [9.17, 15) is 0 Å². The Balaban J connectivity index is 1.26. The highest BCUT2D eigenvalue weighted by Gasteiger charge is 2.28. The molecule has 2 aromatic rings. The predicted molar refractivity (Wildman–Crippen MR) is 110 cm³/mol. The minimum absolute atomic E-state index is 0.259. The summed E-state index contributed by atoms with van der Waals surface area (Å²) in [5.74, 6) is 4.85. The molecule has 1 aromatic carbocycles. The molecule has 1 aromatic heterocycles. The number of nitrogens with zero attached hydrogens (tertiary/aromatic N) is 4. The molecule has 1 saturated heterocycles. The van der Waals surface area contributed by atoms with Gasteiger partial charge in [-0.15, -0.1) is 10.2 Å². The van der Waals surface area contributed by atoms with Crippen molar-refractivity contribution >= 4 is 0 Å². The first-order valence-corrected chi connectivity index (χ1v) is 11.0. The number of likely N-dealkylation sites (tertiary alicyclic amines) is 1. The van der Waals surface area contributed by atoms with E-state index in [-0.39, 0.29) is 6.10 Å². The molecule has 7 nitrogen and oxygen atoms in total. The van der Waals surface area contributed by atoms with Crippen molar-refractivity contribution in [1.29, 1.82) is 0 Å². The molecule has 0 spiro atoms. The molecule has 0 amide bonds. The van der Waals surface area contributed by atoms with Gasteiger partial charge in [0.25, 0.3) is 0 Å². The summed E-state index contributed by atoms with van der Waals surface area (Å²) in [6.45, 7) is 10.8. The Bertz CT molecular complexity index is 872. The van der Waals surface area contributed by atoms with Crippen molar-refractivity contribution in [3.05, 3.63) is 34.9 Å². The largest absolute Gasteiger partial charge is 0.494 e. The number of nitrogens with one attached hydrogen (secondary N) is 1. The molecule has 1 N–H and O–H groups in total. The molecule has 29 heavy (non-hydrogen) atoms. The Morgan fingerprint density at radius 1 is 1.21 bits per heavy atom. The third-order valence-electron chi connectivity index (χ3n) is 6.38. The Hall–Kier alpha value is -2.12. The summed E-state index contributed by atoms with van der Waals surface area (Å²) < 4.78 is 14.3. The summed E-state index contributed by atoms with van der Waals surface area (Å²) in [6, 6.07) is 4.40. The van der Waals surface area contributed by atoms with Crippen LogP contribution in [0.2, 0.25) is 0 Å². The second-order valence-corrected chi connectivity index (χ2v) is 8.49. The topological polar surface area (TPSA) is 64.4 Å². The minimum Gasteiger partial charge on any atom is -0.494 e. The van der Waals surface area contributed by atoms with Crippen LogP contribution in [0.3, 0.4) is 0 Å². The number of fused-ring (bicyclic) bond motifs is 2. The van der Waals surface area contributed by atoms with Crippen LogP contribution >= 0.6 is 0 Å². The van der Waals surface area contributed by atoms with Crippen molar-refractivity contribution in [2.75, 3.05) is 26.2 Å². The van der Waals surface area contributed by atoms with Crippen LogP contribution in [0.15, 0.2) is 12.1 Å². The highest BCUT2D eigenvalue weighted by atomic mass is 16.5. The molecule has 3 aliphatic heterocycles. The minimum atomic E-state index is 0.259. The second-order valence-electron chi connectivity index (χ2n) is 8.49. The molecule has 0 bridgehead atoms. The predicted octanol–water partition coefficient (Wildman–Crippen LogP) is 2.48. The van der Waals surface area contributed by atoms with E-state index in [1.165, 1.54) is 17.0 Å². The van der Waals surface area contributed by atoms with Crippen molar-refractivity contribution in [3.63, 3.8) is 0 Å². The van der Waals surface area contributed by atoms with Crippen molar-refractivity contribution in [1.82, 2.24) is 25.0 Å². The first kappa shape index (κ1) is 18.9. The molecule has 1 atom stereocenters. The molecule has 0 aliphatic carbocycles. The van der Waals surface area contributed by atoms with E-state index in [1.807, 2.05) is 0 Å². The number of ether oxygens (including phenoxy) is 2. The molecule has 7 heteroatoms. The van der Waals surface area contributed by atoms with Crippen molar-refractivity contribution in [2.24, 2.45) is 0 Å². The summed E-state index contributed by atoms with van der Waals surface area (Å²) in [5.41, 5.74) is 2.51. The lowest BCUT2D eigenvalue weighted by molar-refractivity contribution is 0.196. The SMILES string of the molecule is CCOc1cc2c(cc1CN1CCC(c3nnc4n3CCNC4)CC1)O[C@@H](C)C2. The first-order valence-electron chi connectivity index (χ1n) is 11.0. The lowest BCUT2D eigenvalue weighted by Crippen LogP contribution is -2.34. The van der Waals surface area contributed by atoms with E-state index in [2.05, 4.69) is 51.0 Å². The van der Waals surface area contributed by atoms with Gasteiger partial charge < -0.3 is 19.4 Å². The fourth-order valence-electron chi connectivity index (χ4n) is 4.90. The number of aromatic nitrogens is 3. The second kappa shape index (κ2) is 7.95. The van der Waals surface area contributed by atoms with Crippen LogP contribution in [0.5, 0.6) is 11.5 Å². The molecular weight excluding hydrogens is 366 g/mol. The van der Waals surface area contributed by atoms with Gasteiger partial charge >= 0.3 is 0 Å². The summed E-state index contributed by atoms with van der Waals surface area (Å²) in [4.78, 5) is 2.54. The molecule has 5 rings (SSSR count). The van der Waals surface area contributed by atoms with Crippen LogP contribution in [0.25, 0.3) is 0 Å². The summed E-state index contributed by atoms with van der Waals surface area (Å²) in [6.07, 6.45) is 3.50. The number of rotatable bonds is 5. The van der Waals surface area contributed by atoms with Gasteiger partial charge in [0.1, 0.15) is 29.3 Å². The summed E-state index contributed by atoms with van der Waals surface area (Å²) >= 11 is 0. The maximum atomic E-state index is 5.99. The van der Waals surface area contributed by atoms with Crippen LogP contribution in [-0.2, 0) is 26.1 Å². The van der Waals surface area contributed by atoms with E-state index < -0.39 is 0 Å². The highest BCUT2D eigenvalue weighted by molar-refractivity contribution is 5.48. The van der Waals surface area contributed by atoms with Gasteiger partial charge in [0.2, 0.25) is 0 Å². The first-order chi connectivity index (χ1) is 14.2. The normalized spacial score (nSPS) is 22.2. The van der Waals surface area contributed by atoms with Crippen molar-refractivity contribution in [2.45, 2.75) is 64.8 Å². The number of benzene rings is 1. The van der Waals surface area contributed by atoms with Gasteiger partial charge in [0, 0.05) is 43.1 Å². The fourth-order valence-corrected chi connectivity index (χ4v) is 4.90. The Morgan fingerprint density at radius 3 is 2.90 bits per heavy atom. The average Bonchev–Trinajstić information content (AvgIpc) is 3.31. The van der Waals surface area contributed by atoms with Crippen LogP contribution in [0.1, 0.15) is 55.4 Å². The quantitative estimate of drug-likeness (QED) is 0.836. The van der Waals surface area contributed by atoms with E-state index in [4.69, 9.17) is 9.47 Å². The third kappa shape index (κ3) is 3.73. The van der Waals surface area contributed by atoms with Gasteiger partial charge in [-0.25, -0.2) is 0 Å². The maximum Gasteiger partial charge on any atom is 0.147 e. The molecule has 1 fully saturated rings. The monoisotopic (exact) mass is 397 g/mol. The van der Waals surface area contributed by atoms with Gasteiger partial charge in [-0.1, -0.05) is 0 Å². The van der Waals surface area contributed by atoms with Crippen LogP contribution in [-0.4, -0.2) is 52.0 Å². The zero-order valence-corrected chi connectivity index (χ0v) is 17.5. The Labute approximate surface area is 172 Å². The van der Waals surface area contributed by atoms with Crippen molar-refractivity contribution < 1.29 is 9.47 Å². The van der Waals surface area contributed by atoms with Gasteiger partial charge in [0.05, 0.1) is 13.2 Å². The van der Waals surface area contributed by atoms with Gasteiger partial charge in [-0.05, 0) is 51.9 Å². The molecule has 4 heterocycles. The smallest absolute Gasteiger partial charge is 0.147 e. The van der Waals surface area contributed by atoms with Crippen LogP contribution in [0, 0.1) is 0 Å². The average molecular weight is 398 g/mol. The number of piperidine rings is 1. The van der Waals surface area contributed by atoms with E-state index in [0.29, 0.717) is 12.5 Å². The lowest BCUT2D eigenvalue weighted by Gasteiger charge is -2.32. The maximum absolute atomic E-state index is 5.99. The number of hydrogen-bond donors (Lipinski definition) is 1. The van der Waals surface area contributed by atoms with Crippen LogP contribution in [0.4, 0.5) is 0 Å². The third-order valence-corrected chi connectivity index (χ3v) is 6.38.